The number of ether oxygens (including phenoxy) is 1. The van der Waals surface area contributed by atoms with Gasteiger partial charge in [-0.15, -0.1) is 0 Å². The molecule has 2 aromatic heterocycles. The molecule has 0 amide bonds. The Morgan fingerprint density at radius 2 is 1.71 bits per heavy atom. The maximum Gasteiger partial charge on any atom is 0.262 e. The fourth-order valence-electron chi connectivity index (χ4n) is 5.09. The molecule has 0 spiro atoms. The molecular formula is C31H29FN6O3S. The first-order chi connectivity index (χ1) is 20.4. The predicted octanol–water partition coefficient (Wildman–Crippen LogP) is 6.11. The molecule has 0 saturated heterocycles. The van der Waals surface area contributed by atoms with Crippen molar-refractivity contribution in [3.63, 3.8) is 0 Å². The second-order valence-corrected chi connectivity index (χ2v) is 11.9. The molecule has 0 atom stereocenters. The molecule has 2 heterocycles. The molecule has 0 radical (unpaired) electrons. The number of pyridine rings is 1. The number of hydrogen-bond donors (Lipinski definition) is 3. The van der Waals surface area contributed by atoms with E-state index in [9.17, 15) is 8.42 Å². The van der Waals surface area contributed by atoms with E-state index in [2.05, 4.69) is 25.0 Å². The lowest BCUT2D eigenvalue weighted by molar-refractivity contribution is 0.410. The van der Waals surface area contributed by atoms with Crippen LogP contribution in [-0.4, -0.2) is 35.5 Å². The molecule has 42 heavy (non-hydrogen) atoms. The van der Waals surface area contributed by atoms with Crippen LogP contribution in [0.25, 0.3) is 22.0 Å². The maximum absolute atomic E-state index is 15.2. The summed E-state index contributed by atoms with van der Waals surface area (Å²) in [4.78, 5) is 13.3. The number of aromatic nitrogens is 3. The Hall–Kier alpha value is -4.61. The molecule has 1 saturated carbocycles. The number of sulfonamides is 1. The fourth-order valence-corrected chi connectivity index (χ4v) is 6.37. The number of nitrogens with two attached hydrogens (primary N) is 1. The number of anilines is 2. The first-order valence-corrected chi connectivity index (χ1v) is 15.1. The van der Waals surface area contributed by atoms with E-state index in [4.69, 9.17) is 10.5 Å². The van der Waals surface area contributed by atoms with E-state index in [0.717, 1.165) is 37.1 Å². The van der Waals surface area contributed by atoms with E-state index >= 15 is 4.39 Å². The first-order valence-electron chi connectivity index (χ1n) is 13.6. The minimum absolute atomic E-state index is 0.0675. The second kappa shape index (κ2) is 11.7. The smallest absolute Gasteiger partial charge is 0.262 e. The molecule has 1 aliphatic carbocycles. The van der Waals surface area contributed by atoms with E-state index < -0.39 is 15.8 Å². The lowest BCUT2D eigenvalue weighted by atomic mass is 9.92. The highest BCUT2D eigenvalue weighted by atomic mass is 32.2. The maximum atomic E-state index is 15.2. The molecular weight excluding hydrogens is 555 g/mol. The highest BCUT2D eigenvalue weighted by Gasteiger charge is 2.21. The van der Waals surface area contributed by atoms with Crippen LogP contribution in [0.4, 0.5) is 16.0 Å². The molecule has 1 fully saturated rings. The number of halogens is 1. The van der Waals surface area contributed by atoms with Crippen molar-refractivity contribution < 1.29 is 17.5 Å². The van der Waals surface area contributed by atoms with Crippen molar-refractivity contribution in [1.82, 2.24) is 15.0 Å². The van der Waals surface area contributed by atoms with Crippen LogP contribution in [0.1, 0.15) is 25.7 Å². The van der Waals surface area contributed by atoms with Gasteiger partial charge in [0.1, 0.15) is 5.75 Å². The van der Waals surface area contributed by atoms with Crippen LogP contribution >= 0.6 is 0 Å². The Kier molecular flexibility index (Phi) is 7.68. The zero-order chi connectivity index (χ0) is 29.1. The summed E-state index contributed by atoms with van der Waals surface area (Å²) in [5, 5.41) is 4.74. The van der Waals surface area contributed by atoms with Gasteiger partial charge in [0.15, 0.2) is 11.6 Å². The van der Waals surface area contributed by atoms with Gasteiger partial charge in [-0.05, 0) is 61.4 Å². The third-order valence-corrected chi connectivity index (χ3v) is 8.70. The highest BCUT2D eigenvalue weighted by Crippen LogP contribution is 2.34. The molecule has 11 heteroatoms. The number of nitrogens with one attached hydrogen (secondary N) is 2. The van der Waals surface area contributed by atoms with Gasteiger partial charge >= 0.3 is 0 Å². The van der Waals surface area contributed by atoms with E-state index in [1.54, 1.807) is 42.7 Å². The highest BCUT2D eigenvalue weighted by molar-refractivity contribution is 7.93. The van der Waals surface area contributed by atoms with Gasteiger partial charge in [0.2, 0.25) is 5.95 Å². The molecule has 1 aliphatic rings. The minimum atomic E-state index is -3.98. The van der Waals surface area contributed by atoms with Crippen molar-refractivity contribution in [3.8, 4) is 22.8 Å². The zero-order valence-corrected chi connectivity index (χ0v) is 23.4. The van der Waals surface area contributed by atoms with Crippen LogP contribution in [0.15, 0.2) is 96.3 Å². The Labute approximate surface area is 243 Å². The SMILES string of the molecule is NC1CCC(Nc2nccc(-c3cnccc3Oc3ccc(NS(=O)(=O)c4cccc5ccccc45)cc3F)n2)CC1. The van der Waals surface area contributed by atoms with Gasteiger partial charge in [-0.25, -0.2) is 22.8 Å². The normalized spacial score (nSPS) is 17.1. The van der Waals surface area contributed by atoms with Crippen LogP contribution in [0.2, 0.25) is 0 Å². The van der Waals surface area contributed by atoms with Crippen LogP contribution < -0.4 is 20.5 Å². The number of fused-ring (bicyclic) bond motifs is 1. The van der Waals surface area contributed by atoms with Gasteiger partial charge in [0.05, 0.1) is 21.8 Å². The summed E-state index contributed by atoms with van der Waals surface area (Å²) < 4.78 is 50.0. The molecule has 4 N–H and O–H groups in total. The Morgan fingerprint density at radius 1 is 0.905 bits per heavy atom. The van der Waals surface area contributed by atoms with Gasteiger partial charge in [0.25, 0.3) is 10.0 Å². The van der Waals surface area contributed by atoms with Crippen molar-refractivity contribution in [3.05, 3.63) is 97.2 Å². The lowest BCUT2D eigenvalue weighted by Crippen LogP contribution is -2.33. The Balaban J connectivity index is 1.21. The zero-order valence-electron chi connectivity index (χ0n) is 22.6. The molecule has 9 nitrogen and oxygen atoms in total. The Morgan fingerprint density at radius 3 is 2.55 bits per heavy atom. The van der Waals surface area contributed by atoms with Crippen molar-refractivity contribution >= 4 is 32.4 Å². The molecule has 6 rings (SSSR count). The van der Waals surface area contributed by atoms with Gasteiger partial charge in [-0.1, -0.05) is 36.4 Å². The summed E-state index contributed by atoms with van der Waals surface area (Å²) in [5.74, 6) is -0.00370. The topological polar surface area (TPSA) is 132 Å². The Bertz CT molecular complexity index is 1840. The summed E-state index contributed by atoms with van der Waals surface area (Å²) in [6.45, 7) is 0. The standard InChI is InChI=1S/C31H29FN6O3S/c32-26-18-23(38-42(39,40)30-7-3-5-20-4-1-2-6-24(20)30)12-13-29(26)41-28-15-16-34-19-25(28)27-14-17-35-31(37-27)36-22-10-8-21(33)9-11-22/h1-7,12-19,21-22,38H,8-11,33H2,(H,35,36,37). The largest absolute Gasteiger partial charge is 0.453 e. The van der Waals surface area contributed by atoms with Crippen LogP contribution in [0.3, 0.4) is 0 Å². The van der Waals surface area contributed by atoms with Gasteiger partial charge in [0, 0.05) is 42.1 Å². The number of hydrogen-bond acceptors (Lipinski definition) is 8. The van der Waals surface area contributed by atoms with Crippen molar-refractivity contribution in [2.45, 2.75) is 42.7 Å². The average molecular weight is 585 g/mol. The van der Waals surface area contributed by atoms with Gasteiger partial charge < -0.3 is 15.8 Å². The van der Waals surface area contributed by atoms with Crippen LogP contribution in [-0.2, 0) is 10.0 Å². The van der Waals surface area contributed by atoms with Crippen molar-refractivity contribution in [2.24, 2.45) is 5.73 Å². The molecule has 214 valence electrons. The summed E-state index contributed by atoms with van der Waals surface area (Å²) in [7, 11) is -3.98. The molecule has 5 aromatic rings. The van der Waals surface area contributed by atoms with Crippen LogP contribution in [0.5, 0.6) is 11.5 Å². The lowest BCUT2D eigenvalue weighted by Gasteiger charge is -2.26. The molecule has 0 bridgehead atoms. The second-order valence-electron chi connectivity index (χ2n) is 10.2. The molecule has 3 aromatic carbocycles. The van der Waals surface area contributed by atoms with Gasteiger partial charge in [-0.3, -0.25) is 9.71 Å². The average Bonchev–Trinajstić information content (AvgIpc) is 2.99. The fraction of sp³-hybridized carbons (Fsp3) is 0.194. The third kappa shape index (κ3) is 6.02. The monoisotopic (exact) mass is 584 g/mol. The van der Waals surface area contributed by atoms with Gasteiger partial charge in [-0.2, -0.15) is 0 Å². The summed E-state index contributed by atoms with van der Waals surface area (Å²) >= 11 is 0. The first kappa shape index (κ1) is 27.6. The number of rotatable bonds is 8. The van der Waals surface area contributed by atoms with E-state index in [0.29, 0.717) is 28.3 Å². The summed E-state index contributed by atoms with van der Waals surface area (Å²) in [6, 6.07) is 19.9. The van der Waals surface area contributed by atoms with Crippen LogP contribution in [0, 0.1) is 5.82 Å². The summed E-state index contributed by atoms with van der Waals surface area (Å²) in [6.07, 6.45) is 8.57. The quantitative estimate of drug-likeness (QED) is 0.199. The predicted molar refractivity (Wildman–Crippen MR) is 160 cm³/mol. The van der Waals surface area contributed by atoms with E-state index in [1.165, 1.54) is 24.4 Å². The van der Waals surface area contributed by atoms with E-state index in [-0.39, 0.29) is 28.4 Å². The van der Waals surface area contributed by atoms with Crippen molar-refractivity contribution in [1.29, 1.82) is 0 Å². The molecule has 0 aliphatic heterocycles. The number of nitrogens with zero attached hydrogens (tertiary/aromatic N) is 3. The third-order valence-electron chi connectivity index (χ3n) is 7.26. The minimum Gasteiger partial charge on any atom is -0.453 e. The van der Waals surface area contributed by atoms with Crippen molar-refractivity contribution in [2.75, 3.05) is 10.0 Å². The summed E-state index contributed by atoms with van der Waals surface area (Å²) in [5.41, 5.74) is 7.20. The number of benzene rings is 3. The molecule has 0 unspecified atom stereocenters. The van der Waals surface area contributed by atoms with E-state index in [1.807, 2.05) is 18.2 Å².